The molecule has 1 saturated heterocycles. The molecule has 1 amide bonds. The summed E-state index contributed by atoms with van der Waals surface area (Å²) in [4.78, 5) is 13.7. The minimum atomic E-state index is -0.598. The number of benzene rings is 1. The Morgan fingerprint density at radius 2 is 2.28 bits per heavy atom. The number of piperidine rings is 1. The topological polar surface area (TPSA) is 66.6 Å². The van der Waals surface area contributed by atoms with E-state index in [9.17, 15) is 14.3 Å². The number of likely N-dealkylation sites (tertiary alicyclic amines) is 1. The van der Waals surface area contributed by atoms with Crippen molar-refractivity contribution in [2.75, 3.05) is 18.8 Å². The molecule has 3 N–H and O–H groups in total. The second-order valence-electron chi connectivity index (χ2n) is 4.82. The fourth-order valence-corrected chi connectivity index (χ4v) is 2.19. The highest BCUT2D eigenvalue weighted by Crippen LogP contribution is 2.20. The number of nitrogen functional groups attached to an aromatic ring is 1. The van der Waals surface area contributed by atoms with E-state index in [1.54, 1.807) is 4.90 Å². The number of halogens is 1. The fourth-order valence-electron chi connectivity index (χ4n) is 2.19. The monoisotopic (exact) mass is 252 g/mol. The molecule has 0 spiro atoms. The van der Waals surface area contributed by atoms with Crippen LogP contribution >= 0.6 is 0 Å². The van der Waals surface area contributed by atoms with Crippen molar-refractivity contribution in [2.45, 2.75) is 19.4 Å². The summed E-state index contributed by atoms with van der Waals surface area (Å²) in [6.45, 7) is 2.78. The van der Waals surface area contributed by atoms with Crippen LogP contribution in [-0.2, 0) is 0 Å². The van der Waals surface area contributed by atoms with E-state index in [1.165, 1.54) is 12.1 Å². The van der Waals surface area contributed by atoms with Gasteiger partial charge in [0.2, 0.25) is 0 Å². The molecule has 1 heterocycles. The highest BCUT2D eigenvalue weighted by Gasteiger charge is 2.28. The summed E-state index contributed by atoms with van der Waals surface area (Å²) in [6, 6.07) is 4.07. The lowest BCUT2D eigenvalue weighted by molar-refractivity contribution is 0.0295. The number of carbonyl (C=O) groups is 1. The van der Waals surface area contributed by atoms with Crippen molar-refractivity contribution >= 4 is 11.6 Å². The predicted octanol–water partition coefficient (Wildman–Crippen LogP) is 1.25. The average Bonchev–Trinajstić information content (AvgIpc) is 2.32. The molecule has 0 aliphatic carbocycles. The van der Waals surface area contributed by atoms with Crippen LogP contribution in [0, 0.1) is 11.7 Å². The number of aliphatic hydroxyl groups is 1. The summed E-state index contributed by atoms with van der Waals surface area (Å²) in [6.07, 6.45) is 0.147. The molecule has 5 heteroatoms. The Morgan fingerprint density at radius 1 is 1.56 bits per heavy atom. The lowest BCUT2D eigenvalue weighted by atomic mass is 9.96. The van der Waals surface area contributed by atoms with E-state index in [0.717, 1.165) is 6.07 Å². The van der Waals surface area contributed by atoms with Crippen molar-refractivity contribution in [1.82, 2.24) is 4.90 Å². The first-order chi connectivity index (χ1) is 8.49. The highest BCUT2D eigenvalue weighted by atomic mass is 19.1. The first kappa shape index (κ1) is 12.8. The molecule has 0 aromatic heterocycles. The minimum Gasteiger partial charge on any atom is -0.399 e. The van der Waals surface area contributed by atoms with Crippen LogP contribution in [0.1, 0.15) is 23.7 Å². The molecule has 2 atom stereocenters. The van der Waals surface area contributed by atoms with Crippen LogP contribution in [0.5, 0.6) is 0 Å². The molecule has 0 radical (unpaired) electrons. The molecule has 1 aromatic rings. The first-order valence-corrected chi connectivity index (χ1v) is 6.01. The Morgan fingerprint density at radius 3 is 2.89 bits per heavy atom. The van der Waals surface area contributed by atoms with Gasteiger partial charge in [0.15, 0.2) is 0 Å². The van der Waals surface area contributed by atoms with Gasteiger partial charge in [-0.15, -0.1) is 0 Å². The zero-order valence-corrected chi connectivity index (χ0v) is 10.3. The molecule has 2 rings (SSSR count). The molecule has 0 bridgehead atoms. The third-order valence-corrected chi connectivity index (χ3v) is 3.37. The second kappa shape index (κ2) is 4.94. The molecule has 98 valence electrons. The first-order valence-electron chi connectivity index (χ1n) is 6.01. The predicted molar refractivity (Wildman–Crippen MR) is 66.5 cm³/mol. The summed E-state index contributed by atoms with van der Waals surface area (Å²) in [5.74, 6) is -0.926. The zero-order chi connectivity index (χ0) is 13.3. The van der Waals surface area contributed by atoms with E-state index in [2.05, 4.69) is 0 Å². The van der Waals surface area contributed by atoms with Gasteiger partial charge in [0.1, 0.15) is 5.82 Å². The number of nitrogens with zero attached hydrogens (tertiary/aromatic N) is 1. The van der Waals surface area contributed by atoms with Gasteiger partial charge in [0.05, 0.1) is 11.7 Å². The van der Waals surface area contributed by atoms with Crippen LogP contribution < -0.4 is 5.73 Å². The molecule has 1 fully saturated rings. The summed E-state index contributed by atoms with van der Waals surface area (Å²) < 4.78 is 13.7. The van der Waals surface area contributed by atoms with Crippen molar-refractivity contribution in [3.63, 3.8) is 0 Å². The Labute approximate surface area is 105 Å². The molecule has 1 aliphatic heterocycles. The maximum Gasteiger partial charge on any atom is 0.256 e. The standard InChI is InChI=1S/C13H17FN2O2/c1-8-7-16(5-4-12(8)17)13(18)10-3-2-9(15)6-11(10)14/h2-3,6,8,12,17H,4-5,7,15H2,1H3. The summed E-state index contributed by atoms with van der Waals surface area (Å²) in [5.41, 5.74) is 5.78. The molecule has 0 saturated carbocycles. The van der Waals surface area contributed by atoms with Crippen LogP contribution in [0.4, 0.5) is 10.1 Å². The Balaban J connectivity index is 2.16. The van der Waals surface area contributed by atoms with Crippen LogP contribution in [-0.4, -0.2) is 35.1 Å². The van der Waals surface area contributed by atoms with Crippen molar-refractivity contribution in [3.05, 3.63) is 29.6 Å². The van der Waals surface area contributed by atoms with Gasteiger partial charge in [-0.1, -0.05) is 6.92 Å². The number of rotatable bonds is 1. The zero-order valence-electron chi connectivity index (χ0n) is 10.3. The van der Waals surface area contributed by atoms with Crippen LogP contribution in [0.25, 0.3) is 0 Å². The second-order valence-corrected chi connectivity index (χ2v) is 4.82. The van der Waals surface area contributed by atoms with Crippen molar-refractivity contribution in [3.8, 4) is 0 Å². The van der Waals surface area contributed by atoms with E-state index in [4.69, 9.17) is 5.73 Å². The van der Waals surface area contributed by atoms with E-state index >= 15 is 0 Å². The van der Waals surface area contributed by atoms with Crippen LogP contribution in [0.15, 0.2) is 18.2 Å². The van der Waals surface area contributed by atoms with Crippen molar-refractivity contribution in [2.24, 2.45) is 5.92 Å². The Kier molecular flexibility index (Phi) is 3.52. The van der Waals surface area contributed by atoms with Gasteiger partial charge < -0.3 is 15.7 Å². The number of hydrogen-bond donors (Lipinski definition) is 2. The highest BCUT2D eigenvalue weighted by molar-refractivity contribution is 5.94. The summed E-state index contributed by atoms with van der Waals surface area (Å²) >= 11 is 0. The number of carbonyl (C=O) groups excluding carboxylic acids is 1. The maximum absolute atomic E-state index is 13.7. The fraction of sp³-hybridized carbons (Fsp3) is 0.462. The van der Waals surface area contributed by atoms with Gasteiger partial charge in [0, 0.05) is 18.8 Å². The average molecular weight is 252 g/mol. The Bertz CT molecular complexity index is 464. The molecular formula is C13H17FN2O2. The normalized spacial score (nSPS) is 24.1. The molecular weight excluding hydrogens is 235 g/mol. The van der Waals surface area contributed by atoms with E-state index in [1.807, 2.05) is 6.92 Å². The van der Waals surface area contributed by atoms with E-state index in [0.29, 0.717) is 25.2 Å². The third-order valence-electron chi connectivity index (χ3n) is 3.37. The molecule has 4 nitrogen and oxygen atoms in total. The molecule has 1 aromatic carbocycles. The van der Waals surface area contributed by atoms with Crippen molar-refractivity contribution < 1.29 is 14.3 Å². The van der Waals surface area contributed by atoms with Crippen LogP contribution in [0.3, 0.4) is 0 Å². The number of amides is 1. The van der Waals surface area contributed by atoms with Crippen molar-refractivity contribution in [1.29, 1.82) is 0 Å². The molecule has 18 heavy (non-hydrogen) atoms. The van der Waals surface area contributed by atoms with E-state index < -0.39 is 5.82 Å². The smallest absolute Gasteiger partial charge is 0.256 e. The number of nitrogens with two attached hydrogens (primary N) is 1. The number of hydrogen-bond acceptors (Lipinski definition) is 3. The quantitative estimate of drug-likeness (QED) is 0.739. The minimum absolute atomic E-state index is 0.0135. The van der Waals surface area contributed by atoms with Gasteiger partial charge in [-0.05, 0) is 30.5 Å². The third kappa shape index (κ3) is 2.46. The Hall–Kier alpha value is -1.62. The SMILES string of the molecule is CC1CN(C(=O)c2ccc(N)cc2F)CCC1O. The van der Waals surface area contributed by atoms with Gasteiger partial charge in [-0.25, -0.2) is 4.39 Å². The van der Waals surface area contributed by atoms with E-state index in [-0.39, 0.29) is 23.5 Å². The molecule has 2 unspecified atom stereocenters. The van der Waals surface area contributed by atoms with Crippen LogP contribution in [0.2, 0.25) is 0 Å². The number of anilines is 1. The maximum atomic E-state index is 13.7. The molecule has 1 aliphatic rings. The largest absolute Gasteiger partial charge is 0.399 e. The lowest BCUT2D eigenvalue weighted by Crippen LogP contribution is -2.45. The lowest BCUT2D eigenvalue weighted by Gasteiger charge is -2.34. The van der Waals surface area contributed by atoms with Gasteiger partial charge in [-0.2, -0.15) is 0 Å². The number of aliphatic hydroxyl groups excluding tert-OH is 1. The van der Waals surface area contributed by atoms with Gasteiger partial charge in [0.25, 0.3) is 5.91 Å². The van der Waals surface area contributed by atoms with Gasteiger partial charge >= 0.3 is 0 Å². The summed E-state index contributed by atoms with van der Waals surface area (Å²) in [5, 5.41) is 9.61. The summed E-state index contributed by atoms with van der Waals surface area (Å²) in [7, 11) is 0. The van der Waals surface area contributed by atoms with Gasteiger partial charge in [-0.3, -0.25) is 4.79 Å².